The van der Waals surface area contributed by atoms with Crippen LogP contribution in [0.3, 0.4) is 0 Å². The molecule has 0 atom stereocenters. The Morgan fingerprint density at radius 1 is 1.35 bits per heavy atom. The summed E-state index contributed by atoms with van der Waals surface area (Å²) in [4.78, 5) is 22.4. The second kappa shape index (κ2) is 5.12. The zero-order valence-corrected chi connectivity index (χ0v) is 11.4. The van der Waals surface area contributed by atoms with Crippen LogP contribution in [0.25, 0.3) is 0 Å². The van der Waals surface area contributed by atoms with Crippen molar-refractivity contribution in [2.75, 3.05) is 5.32 Å². The van der Waals surface area contributed by atoms with Gasteiger partial charge in [-0.25, -0.2) is 0 Å². The van der Waals surface area contributed by atoms with Crippen molar-refractivity contribution in [3.8, 4) is 0 Å². The molecule has 1 heterocycles. The monoisotopic (exact) mass is 274 g/mol. The average molecular weight is 274 g/mol. The van der Waals surface area contributed by atoms with Crippen molar-refractivity contribution >= 4 is 17.3 Å². The minimum Gasteiger partial charge on any atom is -0.319 e. The molecule has 0 fully saturated rings. The van der Waals surface area contributed by atoms with Gasteiger partial charge in [0.15, 0.2) is 0 Å². The van der Waals surface area contributed by atoms with E-state index in [9.17, 15) is 14.9 Å². The summed E-state index contributed by atoms with van der Waals surface area (Å²) >= 11 is 0. The lowest BCUT2D eigenvalue weighted by Crippen LogP contribution is -2.14. The number of hydrogen-bond donors (Lipinski definition) is 2. The van der Waals surface area contributed by atoms with Crippen molar-refractivity contribution in [1.82, 2.24) is 10.2 Å². The molecule has 0 aliphatic rings. The number of aryl methyl sites for hydroxylation is 3. The van der Waals surface area contributed by atoms with E-state index in [1.54, 1.807) is 20.8 Å². The van der Waals surface area contributed by atoms with E-state index < -0.39 is 4.92 Å². The Morgan fingerprint density at radius 3 is 2.55 bits per heavy atom. The minimum absolute atomic E-state index is 0.0327. The predicted octanol–water partition coefficient (Wildman–Crippen LogP) is 2.50. The van der Waals surface area contributed by atoms with Gasteiger partial charge in [0.25, 0.3) is 11.6 Å². The number of aromatic nitrogens is 2. The second-order valence-electron chi connectivity index (χ2n) is 4.52. The molecule has 7 heteroatoms. The topological polar surface area (TPSA) is 101 Å². The summed E-state index contributed by atoms with van der Waals surface area (Å²) in [5, 5.41) is 20.2. The third kappa shape index (κ3) is 2.51. The molecule has 2 N–H and O–H groups in total. The van der Waals surface area contributed by atoms with Crippen molar-refractivity contribution in [3.05, 3.63) is 50.8 Å². The van der Waals surface area contributed by atoms with Gasteiger partial charge in [-0.2, -0.15) is 5.10 Å². The predicted molar refractivity (Wildman–Crippen MR) is 73.8 cm³/mol. The van der Waals surface area contributed by atoms with Crippen LogP contribution in [0.5, 0.6) is 0 Å². The number of nitrogens with one attached hydrogen (secondary N) is 2. The van der Waals surface area contributed by atoms with E-state index in [0.29, 0.717) is 22.5 Å². The number of carbonyl (C=O) groups excluding carboxylic acids is 1. The Bertz CT molecular complexity index is 671. The van der Waals surface area contributed by atoms with Gasteiger partial charge in [-0.15, -0.1) is 0 Å². The Labute approximate surface area is 115 Å². The van der Waals surface area contributed by atoms with E-state index in [1.165, 1.54) is 18.2 Å². The lowest BCUT2D eigenvalue weighted by molar-refractivity contribution is -0.384. The van der Waals surface area contributed by atoms with Crippen LogP contribution in [0.15, 0.2) is 18.2 Å². The number of carbonyl (C=O) groups is 1. The molecule has 0 bridgehead atoms. The fraction of sp³-hybridized carbons (Fsp3) is 0.231. The van der Waals surface area contributed by atoms with E-state index in [0.717, 1.165) is 5.69 Å². The molecule has 104 valence electrons. The number of nitrogens with zero attached hydrogens (tertiary/aromatic N) is 2. The van der Waals surface area contributed by atoms with Gasteiger partial charge >= 0.3 is 0 Å². The number of benzene rings is 1. The van der Waals surface area contributed by atoms with Gasteiger partial charge < -0.3 is 5.32 Å². The third-order valence-corrected chi connectivity index (χ3v) is 3.03. The van der Waals surface area contributed by atoms with Crippen molar-refractivity contribution in [1.29, 1.82) is 0 Å². The van der Waals surface area contributed by atoms with Crippen LogP contribution in [0, 0.1) is 30.9 Å². The zero-order chi connectivity index (χ0) is 14.9. The van der Waals surface area contributed by atoms with E-state index in [1.807, 2.05) is 0 Å². The largest absolute Gasteiger partial charge is 0.319 e. The molecule has 20 heavy (non-hydrogen) atoms. The first-order chi connectivity index (χ1) is 9.40. The second-order valence-corrected chi connectivity index (χ2v) is 4.52. The average Bonchev–Trinajstić information content (AvgIpc) is 2.70. The molecule has 1 amide bonds. The number of nitro groups is 1. The number of H-pyrrole nitrogens is 1. The van der Waals surface area contributed by atoms with E-state index in [4.69, 9.17) is 0 Å². The molecule has 0 aliphatic carbocycles. The van der Waals surface area contributed by atoms with Crippen LogP contribution >= 0.6 is 0 Å². The molecular weight excluding hydrogens is 260 g/mol. The fourth-order valence-corrected chi connectivity index (χ4v) is 1.93. The summed E-state index contributed by atoms with van der Waals surface area (Å²) in [6, 6.07) is 4.15. The summed E-state index contributed by atoms with van der Waals surface area (Å²) in [5.41, 5.74) is 3.00. The third-order valence-electron chi connectivity index (χ3n) is 3.03. The molecule has 2 rings (SSSR count). The number of rotatable bonds is 3. The summed E-state index contributed by atoms with van der Waals surface area (Å²) in [6.45, 7) is 5.25. The van der Waals surface area contributed by atoms with Gasteiger partial charge in [0, 0.05) is 17.7 Å². The van der Waals surface area contributed by atoms with Crippen molar-refractivity contribution < 1.29 is 9.72 Å². The summed E-state index contributed by atoms with van der Waals surface area (Å²) < 4.78 is 0. The van der Waals surface area contributed by atoms with Gasteiger partial charge in [0.05, 0.1) is 22.0 Å². The number of nitro benzene ring substituents is 1. The lowest BCUT2D eigenvalue weighted by Gasteiger charge is -2.07. The van der Waals surface area contributed by atoms with E-state index >= 15 is 0 Å². The molecule has 0 radical (unpaired) electrons. The van der Waals surface area contributed by atoms with Crippen molar-refractivity contribution in [3.63, 3.8) is 0 Å². The molecule has 0 saturated heterocycles. The number of non-ortho nitro benzene ring substituents is 1. The van der Waals surface area contributed by atoms with Gasteiger partial charge in [-0.1, -0.05) is 0 Å². The molecule has 0 spiro atoms. The molecule has 2 aromatic rings. The normalized spacial score (nSPS) is 10.3. The molecule has 0 saturated carbocycles. The van der Waals surface area contributed by atoms with E-state index in [2.05, 4.69) is 15.5 Å². The summed E-state index contributed by atoms with van der Waals surface area (Å²) in [5.74, 6) is -0.315. The Balaban J connectivity index is 2.28. The number of hydrogen-bond acceptors (Lipinski definition) is 4. The smallest absolute Gasteiger partial charge is 0.269 e. The van der Waals surface area contributed by atoms with Crippen LogP contribution in [0.4, 0.5) is 11.4 Å². The Kier molecular flexibility index (Phi) is 3.51. The maximum atomic E-state index is 12.2. The molecule has 1 aromatic heterocycles. The standard InChI is InChI=1S/C13H14N4O3/c1-7-6-10(17(19)20)4-5-11(7)13(18)14-12-8(2)15-16-9(12)3/h4-6H,1-3H3,(H,14,18)(H,15,16). The first-order valence-electron chi connectivity index (χ1n) is 5.98. The fourth-order valence-electron chi connectivity index (χ4n) is 1.93. The van der Waals surface area contributed by atoms with Crippen LogP contribution in [0.1, 0.15) is 27.3 Å². The highest BCUT2D eigenvalue weighted by Gasteiger charge is 2.16. The molecular formula is C13H14N4O3. The number of anilines is 1. The van der Waals surface area contributed by atoms with Gasteiger partial charge in [0.2, 0.25) is 0 Å². The van der Waals surface area contributed by atoms with Gasteiger partial charge in [-0.3, -0.25) is 20.0 Å². The molecule has 7 nitrogen and oxygen atoms in total. The van der Waals surface area contributed by atoms with Crippen LogP contribution in [0.2, 0.25) is 0 Å². The highest BCUT2D eigenvalue weighted by Crippen LogP contribution is 2.21. The maximum Gasteiger partial charge on any atom is 0.269 e. The Morgan fingerprint density at radius 2 is 2.05 bits per heavy atom. The van der Waals surface area contributed by atoms with Crippen LogP contribution in [-0.2, 0) is 0 Å². The van der Waals surface area contributed by atoms with Crippen molar-refractivity contribution in [2.45, 2.75) is 20.8 Å². The van der Waals surface area contributed by atoms with Gasteiger partial charge in [0.1, 0.15) is 0 Å². The highest BCUT2D eigenvalue weighted by atomic mass is 16.6. The lowest BCUT2D eigenvalue weighted by atomic mass is 10.1. The minimum atomic E-state index is -0.487. The number of amides is 1. The summed E-state index contributed by atoms with van der Waals surface area (Å²) in [7, 11) is 0. The maximum absolute atomic E-state index is 12.2. The number of aromatic amines is 1. The van der Waals surface area contributed by atoms with E-state index in [-0.39, 0.29) is 11.6 Å². The van der Waals surface area contributed by atoms with Crippen molar-refractivity contribution in [2.24, 2.45) is 0 Å². The summed E-state index contributed by atoms with van der Waals surface area (Å²) in [6.07, 6.45) is 0. The molecule has 0 aliphatic heterocycles. The highest BCUT2D eigenvalue weighted by molar-refractivity contribution is 6.06. The Hall–Kier alpha value is -2.70. The first kappa shape index (κ1) is 13.7. The molecule has 0 unspecified atom stereocenters. The van der Waals surface area contributed by atoms with Gasteiger partial charge in [-0.05, 0) is 32.4 Å². The zero-order valence-electron chi connectivity index (χ0n) is 11.4. The molecule has 1 aromatic carbocycles. The first-order valence-corrected chi connectivity index (χ1v) is 5.98. The SMILES string of the molecule is Cc1cc([N+](=O)[O-])ccc1C(=O)Nc1c(C)n[nH]c1C. The van der Waals surface area contributed by atoms with Crippen LogP contribution in [-0.4, -0.2) is 21.0 Å². The quantitative estimate of drug-likeness (QED) is 0.663. The van der Waals surface area contributed by atoms with Crippen LogP contribution < -0.4 is 5.32 Å².